The molecule has 1 aromatic heterocycles. The Morgan fingerprint density at radius 3 is 2.45 bits per heavy atom. The summed E-state index contributed by atoms with van der Waals surface area (Å²) in [6.45, 7) is -0.198. The molecule has 5 nitrogen and oxygen atoms in total. The molecule has 0 aliphatic heterocycles. The Morgan fingerprint density at radius 2 is 1.91 bits per heavy atom. The van der Waals surface area contributed by atoms with Crippen LogP contribution in [0.5, 0.6) is 0 Å². The van der Waals surface area contributed by atoms with Gasteiger partial charge in [-0.1, -0.05) is 17.7 Å². The van der Waals surface area contributed by atoms with E-state index in [9.17, 15) is 17.2 Å². The van der Waals surface area contributed by atoms with Crippen LogP contribution in [-0.2, 0) is 20.8 Å². The van der Waals surface area contributed by atoms with Crippen molar-refractivity contribution in [2.45, 2.75) is 24.3 Å². The zero-order valence-corrected chi connectivity index (χ0v) is 14.5. The fourth-order valence-corrected chi connectivity index (χ4v) is 3.02. The summed E-state index contributed by atoms with van der Waals surface area (Å²) in [6, 6.07) is 7.35. The second kappa shape index (κ2) is 6.59. The topological polar surface area (TPSA) is 61.2 Å². The van der Waals surface area contributed by atoms with Crippen molar-refractivity contribution < 1.29 is 21.4 Å². The lowest BCUT2D eigenvalue weighted by molar-refractivity contribution is -0.0556. The molecule has 0 spiro atoms. The molecule has 0 saturated heterocycles. The fraction of sp³-hybridized carbons (Fsp3) is 0.308. The first-order valence-electron chi connectivity index (χ1n) is 6.21. The van der Waals surface area contributed by atoms with E-state index < -0.39 is 29.2 Å². The standard InChI is InChI=1S/C13H13F2IN2O3S/c1-10-2-4-11(5-3-10)22(19,20)21-9-13(14,15)8-18-7-6-12(16)17-18/h2-7H,8-9H2,1H3. The Hall–Kier alpha value is -1.07. The normalized spacial score (nSPS) is 12.5. The van der Waals surface area contributed by atoms with Crippen LogP contribution in [0.4, 0.5) is 8.78 Å². The molecule has 0 saturated carbocycles. The summed E-state index contributed by atoms with van der Waals surface area (Å²) >= 11 is 1.89. The van der Waals surface area contributed by atoms with Crippen LogP contribution in [0.25, 0.3) is 0 Å². The number of hydrogen-bond donors (Lipinski definition) is 0. The van der Waals surface area contributed by atoms with Gasteiger partial charge in [0.05, 0.1) is 4.90 Å². The molecule has 0 aliphatic rings. The lowest BCUT2D eigenvalue weighted by Crippen LogP contribution is -2.31. The van der Waals surface area contributed by atoms with Crippen LogP contribution in [-0.4, -0.2) is 30.7 Å². The number of aryl methyl sites for hydroxylation is 1. The summed E-state index contributed by atoms with van der Waals surface area (Å²) in [7, 11) is -4.21. The Morgan fingerprint density at radius 1 is 1.27 bits per heavy atom. The molecule has 2 aromatic rings. The summed E-state index contributed by atoms with van der Waals surface area (Å²) < 4.78 is 57.4. The maximum atomic E-state index is 13.8. The van der Waals surface area contributed by atoms with Crippen LogP contribution < -0.4 is 0 Å². The number of alkyl halides is 2. The molecule has 9 heteroatoms. The summed E-state index contributed by atoms with van der Waals surface area (Å²) in [5, 5.41) is 3.83. The minimum Gasteiger partial charge on any atom is -0.266 e. The monoisotopic (exact) mass is 442 g/mol. The number of benzene rings is 1. The molecule has 0 aliphatic carbocycles. The molecule has 0 atom stereocenters. The number of hydrogen-bond acceptors (Lipinski definition) is 4. The van der Waals surface area contributed by atoms with Crippen LogP contribution in [0.2, 0.25) is 0 Å². The van der Waals surface area contributed by atoms with Gasteiger partial charge in [0.2, 0.25) is 0 Å². The zero-order valence-electron chi connectivity index (χ0n) is 11.5. The SMILES string of the molecule is Cc1ccc(S(=O)(=O)OCC(F)(F)Cn2ccc(I)n2)cc1. The minimum absolute atomic E-state index is 0.150. The van der Waals surface area contributed by atoms with Gasteiger partial charge in [0, 0.05) is 6.20 Å². The molecule has 1 aromatic carbocycles. The van der Waals surface area contributed by atoms with Crippen LogP contribution in [0.1, 0.15) is 5.56 Å². The summed E-state index contributed by atoms with van der Waals surface area (Å²) in [5.74, 6) is -3.35. The summed E-state index contributed by atoms with van der Waals surface area (Å²) in [4.78, 5) is -0.150. The number of nitrogens with zero attached hydrogens (tertiary/aromatic N) is 2. The Balaban J connectivity index is 2.02. The maximum absolute atomic E-state index is 13.8. The fourth-order valence-electron chi connectivity index (χ4n) is 1.64. The molecular weight excluding hydrogens is 429 g/mol. The van der Waals surface area contributed by atoms with E-state index in [-0.39, 0.29) is 4.90 Å². The first kappa shape index (κ1) is 17.3. The Labute approximate surface area is 140 Å². The first-order valence-corrected chi connectivity index (χ1v) is 8.70. The van der Waals surface area contributed by atoms with Crippen molar-refractivity contribution >= 4 is 32.7 Å². The first-order chi connectivity index (χ1) is 10.2. The summed E-state index contributed by atoms with van der Waals surface area (Å²) in [6.07, 6.45) is 1.39. The van der Waals surface area contributed by atoms with Crippen LogP contribution >= 0.6 is 22.6 Å². The molecule has 0 unspecified atom stereocenters. The van der Waals surface area contributed by atoms with Gasteiger partial charge in [-0.3, -0.25) is 8.86 Å². The van der Waals surface area contributed by atoms with E-state index in [0.29, 0.717) is 3.70 Å². The summed E-state index contributed by atoms with van der Waals surface area (Å²) in [5.41, 5.74) is 0.859. The molecule has 0 N–H and O–H groups in total. The highest BCUT2D eigenvalue weighted by Crippen LogP contribution is 2.21. The molecule has 22 heavy (non-hydrogen) atoms. The van der Waals surface area contributed by atoms with Crippen LogP contribution in [0.3, 0.4) is 0 Å². The molecule has 1 heterocycles. The highest BCUT2D eigenvalue weighted by molar-refractivity contribution is 14.1. The lowest BCUT2D eigenvalue weighted by atomic mass is 10.2. The number of rotatable bonds is 6. The predicted molar refractivity (Wildman–Crippen MR) is 84.2 cm³/mol. The van der Waals surface area contributed by atoms with E-state index in [1.165, 1.54) is 18.3 Å². The van der Waals surface area contributed by atoms with Gasteiger partial charge in [0.25, 0.3) is 16.0 Å². The second-order valence-corrected chi connectivity index (χ2v) is 7.44. The second-order valence-electron chi connectivity index (χ2n) is 4.72. The van der Waals surface area contributed by atoms with Crippen molar-refractivity contribution in [2.75, 3.05) is 6.61 Å². The van der Waals surface area contributed by atoms with Crippen molar-refractivity contribution in [3.8, 4) is 0 Å². The number of aromatic nitrogens is 2. The van der Waals surface area contributed by atoms with Gasteiger partial charge in [-0.25, -0.2) is 8.78 Å². The molecule has 0 fully saturated rings. The number of halogens is 3. The Kier molecular flexibility index (Phi) is 5.17. The van der Waals surface area contributed by atoms with E-state index in [2.05, 4.69) is 9.28 Å². The van der Waals surface area contributed by atoms with Crippen LogP contribution in [0, 0.1) is 10.6 Å². The minimum atomic E-state index is -4.21. The Bertz CT molecular complexity index is 745. The largest absolute Gasteiger partial charge is 0.297 e. The lowest BCUT2D eigenvalue weighted by Gasteiger charge is -2.16. The quantitative estimate of drug-likeness (QED) is 0.510. The molecular formula is C13H13F2IN2O3S. The van der Waals surface area contributed by atoms with E-state index in [1.807, 2.05) is 22.6 Å². The molecule has 0 radical (unpaired) electrons. The average molecular weight is 442 g/mol. The highest BCUT2D eigenvalue weighted by atomic mass is 127. The third-order valence-electron chi connectivity index (χ3n) is 2.74. The van der Waals surface area contributed by atoms with Crippen molar-refractivity contribution in [1.29, 1.82) is 0 Å². The molecule has 120 valence electrons. The van der Waals surface area contributed by atoms with Gasteiger partial charge in [0.1, 0.15) is 16.9 Å². The predicted octanol–water partition coefficient (Wildman–Crippen LogP) is 2.84. The van der Waals surface area contributed by atoms with Gasteiger partial charge in [-0.2, -0.15) is 13.5 Å². The third kappa shape index (κ3) is 4.71. The van der Waals surface area contributed by atoms with Gasteiger partial charge >= 0.3 is 0 Å². The van der Waals surface area contributed by atoms with Gasteiger partial charge in [-0.05, 0) is 47.7 Å². The van der Waals surface area contributed by atoms with Gasteiger partial charge < -0.3 is 0 Å². The third-order valence-corrected chi connectivity index (χ3v) is 4.59. The average Bonchev–Trinajstić information content (AvgIpc) is 2.82. The van der Waals surface area contributed by atoms with Crippen LogP contribution in [0.15, 0.2) is 41.4 Å². The van der Waals surface area contributed by atoms with E-state index in [0.717, 1.165) is 10.2 Å². The molecule has 0 bridgehead atoms. The van der Waals surface area contributed by atoms with Crippen molar-refractivity contribution in [1.82, 2.24) is 9.78 Å². The van der Waals surface area contributed by atoms with E-state index in [4.69, 9.17) is 0 Å². The van der Waals surface area contributed by atoms with Crippen molar-refractivity contribution in [3.05, 3.63) is 45.8 Å². The smallest absolute Gasteiger partial charge is 0.266 e. The molecule has 0 amide bonds. The van der Waals surface area contributed by atoms with Crippen molar-refractivity contribution in [2.24, 2.45) is 0 Å². The van der Waals surface area contributed by atoms with E-state index in [1.54, 1.807) is 25.1 Å². The van der Waals surface area contributed by atoms with Crippen molar-refractivity contribution in [3.63, 3.8) is 0 Å². The molecule has 2 rings (SSSR count). The van der Waals surface area contributed by atoms with Gasteiger partial charge in [0.15, 0.2) is 0 Å². The van der Waals surface area contributed by atoms with E-state index >= 15 is 0 Å². The maximum Gasteiger partial charge on any atom is 0.297 e. The highest BCUT2D eigenvalue weighted by Gasteiger charge is 2.33. The van der Waals surface area contributed by atoms with Gasteiger partial charge in [-0.15, -0.1) is 0 Å². The zero-order chi connectivity index (χ0) is 16.4.